The fraction of sp³-hybridized carbons (Fsp3) is 0.125. The summed E-state index contributed by atoms with van der Waals surface area (Å²) in [6, 6.07) is 20.7. The van der Waals surface area contributed by atoms with E-state index in [1.807, 2.05) is 66.7 Å². The summed E-state index contributed by atoms with van der Waals surface area (Å²) in [5.74, 6) is 1.90. The predicted octanol–water partition coefficient (Wildman–Crippen LogP) is 4.56. The van der Waals surface area contributed by atoms with Gasteiger partial charge in [-0.2, -0.15) is 4.98 Å². The number of para-hydroxylation sites is 2. The van der Waals surface area contributed by atoms with Crippen LogP contribution in [0, 0.1) is 0 Å². The SMILES string of the molecule is O=c1c2ccccc2nc(SCCCc2nc(-c3ccncc3)no2)n1-c1ccccc1. The lowest BCUT2D eigenvalue weighted by Gasteiger charge is -2.13. The molecule has 0 fully saturated rings. The summed E-state index contributed by atoms with van der Waals surface area (Å²) in [5.41, 5.74) is 2.31. The van der Waals surface area contributed by atoms with Gasteiger partial charge in [0, 0.05) is 30.1 Å². The number of benzene rings is 2. The summed E-state index contributed by atoms with van der Waals surface area (Å²) in [6.45, 7) is 0. The summed E-state index contributed by atoms with van der Waals surface area (Å²) < 4.78 is 7.06. The number of hydrogen-bond donors (Lipinski definition) is 0. The molecule has 0 saturated heterocycles. The van der Waals surface area contributed by atoms with E-state index in [9.17, 15) is 4.79 Å². The van der Waals surface area contributed by atoms with Gasteiger partial charge in [0.1, 0.15) is 0 Å². The van der Waals surface area contributed by atoms with Crippen LogP contribution in [0.15, 0.2) is 93.6 Å². The Hall–Kier alpha value is -3.78. The van der Waals surface area contributed by atoms with Crippen LogP contribution >= 0.6 is 11.8 Å². The largest absolute Gasteiger partial charge is 0.339 e. The average molecular weight is 442 g/mol. The van der Waals surface area contributed by atoms with Gasteiger partial charge < -0.3 is 4.52 Å². The third kappa shape index (κ3) is 4.17. The fourth-order valence-corrected chi connectivity index (χ4v) is 4.33. The Morgan fingerprint density at radius 2 is 1.69 bits per heavy atom. The number of aryl methyl sites for hydroxylation is 1. The monoisotopic (exact) mass is 441 g/mol. The van der Waals surface area contributed by atoms with Crippen LogP contribution in [0.2, 0.25) is 0 Å². The third-order valence-corrected chi connectivity index (χ3v) is 5.96. The molecular formula is C24H19N5O2S. The first-order valence-electron chi connectivity index (χ1n) is 10.2. The predicted molar refractivity (Wildman–Crippen MR) is 124 cm³/mol. The Balaban J connectivity index is 1.33. The lowest BCUT2D eigenvalue weighted by atomic mass is 10.2. The molecule has 0 bridgehead atoms. The third-order valence-electron chi connectivity index (χ3n) is 4.93. The molecule has 0 spiro atoms. The highest BCUT2D eigenvalue weighted by Gasteiger charge is 2.14. The highest BCUT2D eigenvalue weighted by molar-refractivity contribution is 7.99. The molecule has 0 saturated carbocycles. The van der Waals surface area contributed by atoms with Crippen LogP contribution in [0.3, 0.4) is 0 Å². The standard InChI is InChI=1S/C24H19N5O2S/c30-23-19-9-4-5-10-20(19)26-24(29(23)18-7-2-1-3-8-18)32-16-6-11-21-27-22(28-31-21)17-12-14-25-15-13-17/h1-5,7-10,12-15H,6,11,16H2. The Morgan fingerprint density at radius 1 is 0.906 bits per heavy atom. The van der Waals surface area contributed by atoms with Gasteiger partial charge >= 0.3 is 0 Å². The summed E-state index contributed by atoms with van der Waals surface area (Å²) >= 11 is 1.55. The molecule has 0 atom stereocenters. The maximum absolute atomic E-state index is 13.2. The maximum Gasteiger partial charge on any atom is 0.266 e. The van der Waals surface area contributed by atoms with Crippen molar-refractivity contribution in [2.75, 3.05) is 5.75 Å². The Labute approximate surface area is 188 Å². The highest BCUT2D eigenvalue weighted by atomic mass is 32.2. The quantitative estimate of drug-likeness (QED) is 0.208. The summed E-state index contributed by atoms with van der Waals surface area (Å²) in [5, 5.41) is 5.32. The minimum absolute atomic E-state index is 0.0665. The van der Waals surface area contributed by atoms with Crippen molar-refractivity contribution in [3.8, 4) is 17.1 Å². The smallest absolute Gasteiger partial charge is 0.266 e. The number of pyridine rings is 1. The minimum Gasteiger partial charge on any atom is -0.339 e. The van der Waals surface area contributed by atoms with Gasteiger partial charge in [0.05, 0.1) is 16.6 Å². The van der Waals surface area contributed by atoms with Gasteiger partial charge in [0.2, 0.25) is 11.7 Å². The summed E-state index contributed by atoms with van der Waals surface area (Å²) in [7, 11) is 0. The number of fused-ring (bicyclic) bond motifs is 1. The number of rotatable bonds is 7. The van der Waals surface area contributed by atoms with E-state index in [1.54, 1.807) is 28.7 Å². The van der Waals surface area contributed by atoms with E-state index in [0.717, 1.165) is 23.4 Å². The molecular weight excluding hydrogens is 422 g/mol. The van der Waals surface area contributed by atoms with Crippen molar-refractivity contribution >= 4 is 22.7 Å². The van der Waals surface area contributed by atoms with Crippen LogP contribution in [-0.4, -0.2) is 30.4 Å². The van der Waals surface area contributed by atoms with Crippen LogP contribution in [0.1, 0.15) is 12.3 Å². The van der Waals surface area contributed by atoms with E-state index < -0.39 is 0 Å². The van der Waals surface area contributed by atoms with Crippen LogP contribution in [-0.2, 0) is 6.42 Å². The van der Waals surface area contributed by atoms with Crippen LogP contribution in [0.5, 0.6) is 0 Å². The first-order valence-corrected chi connectivity index (χ1v) is 11.2. The molecule has 0 radical (unpaired) electrons. The van der Waals surface area contributed by atoms with Crippen molar-refractivity contribution in [2.24, 2.45) is 0 Å². The topological polar surface area (TPSA) is 86.7 Å². The average Bonchev–Trinajstić information content (AvgIpc) is 3.32. The maximum atomic E-state index is 13.2. The number of nitrogens with zero attached hydrogens (tertiary/aromatic N) is 5. The molecule has 2 aromatic carbocycles. The van der Waals surface area contributed by atoms with Crippen molar-refractivity contribution in [3.05, 3.63) is 95.4 Å². The van der Waals surface area contributed by atoms with E-state index in [1.165, 1.54) is 0 Å². The molecule has 0 unspecified atom stereocenters. The zero-order valence-corrected chi connectivity index (χ0v) is 17.9. The van der Waals surface area contributed by atoms with E-state index >= 15 is 0 Å². The number of hydrogen-bond acceptors (Lipinski definition) is 7. The van der Waals surface area contributed by atoms with Crippen molar-refractivity contribution in [1.82, 2.24) is 24.7 Å². The van der Waals surface area contributed by atoms with Crippen molar-refractivity contribution in [2.45, 2.75) is 18.0 Å². The summed E-state index contributed by atoms with van der Waals surface area (Å²) in [6.07, 6.45) is 4.85. The lowest BCUT2D eigenvalue weighted by molar-refractivity contribution is 0.378. The zero-order chi connectivity index (χ0) is 21.8. The molecule has 8 heteroatoms. The molecule has 7 nitrogen and oxygen atoms in total. The number of aromatic nitrogens is 5. The molecule has 0 aliphatic rings. The van der Waals surface area contributed by atoms with Gasteiger partial charge in [-0.25, -0.2) is 4.98 Å². The van der Waals surface area contributed by atoms with Crippen LogP contribution in [0.25, 0.3) is 28.0 Å². The molecule has 5 rings (SSSR count). The van der Waals surface area contributed by atoms with E-state index in [4.69, 9.17) is 9.51 Å². The van der Waals surface area contributed by atoms with Crippen molar-refractivity contribution in [3.63, 3.8) is 0 Å². The Kier molecular flexibility index (Phi) is 5.76. The second-order valence-electron chi connectivity index (χ2n) is 7.09. The van der Waals surface area contributed by atoms with Gasteiger partial charge in [-0.15, -0.1) is 0 Å². The molecule has 0 amide bonds. The van der Waals surface area contributed by atoms with Gasteiger partial charge in [0.15, 0.2) is 5.16 Å². The molecule has 0 aliphatic carbocycles. The van der Waals surface area contributed by atoms with Crippen molar-refractivity contribution in [1.29, 1.82) is 0 Å². The molecule has 5 aromatic rings. The zero-order valence-electron chi connectivity index (χ0n) is 17.1. The van der Waals surface area contributed by atoms with Crippen molar-refractivity contribution < 1.29 is 4.52 Å². The molecule has 158 valence electrons. The Bertz CT molecular complexity index is 1400. The second kappa shape index (κ2) is 9.15. The van der Waals surface area contributed by atoms with Gasteiger partial charge in [-0.05, 0) is 42.8 Å². The summed E-state index contributed by atoms with van der Waals surface area (Å²) in [4.78, 5) is 26.4. The molecule has 3 heterocycles. The normalized spacial score (nSPS) is 11.1. The molecule has 0 aliphatic heterocycles. The fourth-order valence-electron chi connectivity index (χ4n) is 3.38. The second-order valence-corrected chi connectivity index (χ2v) is 8.15. The van der Waals surface area contributed by atoms with Gasteiger partial charge in [-0.3, -0.25) is 14.3 Å². The van der Waals surface area contributed by atoms with E-state index in [0.29, 0.717) is 34.2 Å². The lowest BCUT2D eigenvalue weighted by Crippen LogP contribution is -2.21. The van der Waals surface area contributed by atoms with E-state index in [2.05, 4.69) is 15.1 Å². The molecule has 32 heavy (non-hydrogen) atoms. The van der Waals surface area contributed by atoms with Gasteiger partial charge in [0.25, 0.3) is 5.56 Å². The minimum atomic E-state index is -0.0665. The van der Waals surface area contributed by atoms with Crippen LogP contribution in [0.4, 0.5) is 0 Å². The Morgan fingerprint density at radius 3 is 2.53 bits per heavy atom. The number of thioether (sulfide) groups is 1. The molecule has 0 N–H and O–H groups in total. The van der Waals surface area contributed by atoms with Crippen LogP contribution < -0.4 is 5.56 Å². The van der Waals surface area contributed by atoms with Gasteiger partial charge in [-0.1, -0.05) is 47.3 Å². The highest BCUT2D eigenvalue weighted by Crippen LogP contribution is 2.23. The van der Waals surface area contributed by atoms with E-state index in [-0.39, 0.29) is 5.56 Å². The first-order chi connectivity index (χ1) is 15.8. The molecule has 3 aromatic heterocycles. The first kappa shape index (κ1) is 20.1.